The molecule has 3 rings (SSSR count). The summed E-state index contributed by atoms with van der Waals surface area (Å²) in [5.41, 5.74) is 1.25. The summed E-state index contributed by atoms with van der Waals surface area (Å²) in [4.78, 5) is 41.2. The zero-order valence-electron chi connectivity index (χ0n) is 15.0. The number of rotatable bonds is 5. The maximum atomic E-state index is 12.5. The quantitative estimate of drug-likeness (QED) is 0.834. The van der Waals surface area contributed by atoms with Crippen LogP contribution in [0.5, 0.6) is 0 Å². The molecule has 1 saturated heterocycles. The Kier molecular flexibility index (Phi) is 5.71. The van der Waals surface area contributed by atoms with Crippen LogP contribution < -0.4 is 5.56 Å². The molecule has 1 aliphatic rings. The fraction of sp³-hybridized carbons (Fsp3) is 0.450. The van der Waals surface area contributed by atoms with Crippen LogP contribution in [0.1, 0.15) is 31.7 Å². The number of carbonyl (C=O) groups excluding carboxylic acids is 2. The van der Waals surface area contributed by atoms with Crippen molar-refractivity contribution in [3.63, 3.8) is 0 Å². The van der Waals surface area contributed by atoms with Crippen LogP contribution in [0.2, 0.25) is 0 Å². The Balaban J connectivity index is 1.62. The summed E-state index contributed by atoms with van der Waals surface area (Å²) in [5, 5.41) is 0.954. The third-order valence-electron chi connectivity index (χ3n) is 4.83. The molecule has 1 N–H and O–H groups in total. The number of aromatic amines is 1. The van der Waals surface area contributed by atoms with Gasteiger partial charge in [-0.1, -0.05) is 18.2 Å². The Morgan fingerprint density at radius 1 is 1.31 bits per heavy atom. The van der Waals surface area contributed by atoms with Crippen LogP contribution in [0.25, 0.3) is 10.9 Å². The Morgan fingerprint density at radius 2 is 2.12 bits per heavy atom. The molecule has 26 heavy (non-hydrogen) atoms. The highest BCUT2D eigenvalue weighted by Gasteiger charge is 2.29. The number of hydrogen-bond acceptors (Lipinski definition) is 4. The van der Waals surface area contributed by atoms with Crippen molar-refractivity contribution in [2.45, 2.75) is 32.6 Å². The van der Waals surface area contributed by atoms with E-state index < -0.39 is 0 Å². The van der Waals surface area contributed by atoms with Crippen molar-refractivity contribution in [2.24, 2.45) is 5.92 Å². The molecule has 0 aliphatic carbocycles. The molecule has 0 saturated carbocycles. The first-order valence-corrected chi connectivity index (χ1v) is 9.14. The molecule has 1 atom stereocenters. The molecule has 6 nitrogen and oxygen atoms in total. The summed E-state index contributed by atoms with van der Waals surface area (Å²) in [6.45, 7) is 3.20. The number of carbonyl (C=O) groups is 2. The summed E-state index contributed by atoms with van der Waals surface area (Å²) < 4.78 is 5.07. The first kappa shape index (κ1) is 18.2. The maximum Gasteiger partial charge on any atom is 0.310 e. The molecule has 0 spiro atoms. The Labute approximate surface area is 152 Å². The van der Waals surface area contributed by atoms with Crippen LogP contribution in [-0.4, -0.2) is 41.5 Å². The van der Waals surface area contributed by atoms with Gasteiger partial charge in [-0.05, 0) is 43.7 Å². The molecular formula is C20H24N2O4. The van der Waals surface area contributed by atoms with Crippen molar-refractivity contribution in [1.82, 2.24) is 9.88 Å². The highest BCUT2D eigenvalue weighted by atomic mass is 16.5. The van der Waals surface area contributed by atoms with Crippen LogP contribution >= 0.6 is 0 Å². The number of amides is 1. The lowest BCUT2D eigenvalue weighted by molar-refractivity contribution is -0.151. The van der Waals surface area contributed by atoms with Gasteiger partial charge in [0.25, 0.3) is 5.56 Å². The lowest BCUT2D eigenvalue weighted by Crippen LogP contribution is -2.43. The van der Waals surface area contributed by atoms with Crippen LogP contribution in [0, 0.1) is 5.92 Å². The van der Waals surface area contributed by atoms with Gasteiger partial charge in [-0.25, -0.2) is 0 Å². The van der Waals surface area contributed by atoms with E-state index in [1.807, 2.05) is 30.3 Å². The lowest BCUT2D eigenvalue weighted by atomic mass is 9.97. The minimum Gasteiger partial charge on any atom is -0.466 e. The lowest BCUT2D eigenvalue weighted by Gasteiger charge is -2.31. The number of ether oxygens (including phenoxy) is 1. The zero-order chi connectivity index (χ0) is 18.5. The monoisotopic (exact) mass is 356 g/mol. The van der Waals surface area contributed by atoms with Crippen molar-refractivity contribution in [1.29, 1.82) is 0 Å². The minimum absolute atomic E-state index is 0.0217. The minimum atomic E-state index is -0.239. The molecule has 0 bridgehead atoms. The van der Waals surface area contributed by atoms with Gasteiger partial charge in [0, 0.05) is 30.6 Å². The van der Waals surface area contributed by atoms with Gasteiger partial charge in [0.2, 0.25) is 5.91 Å². The number of H-pyrrole nitrogens is 1. The van der Waals surface area contributed by atoms with Crippen molar-refractivity contribution < 1.29 is 14.3 Å². The number of pyridine rings is 1. The number of para-hydroxylation sites is 1. The second-order valence-corrected chi connectivity index (χ2v) is 6.64. The highest BCUT2D eigenvalue weighted by Crippen LogP contribution is 2.19. The van der Waals surface area contributed by atoms with E-state index >= 15 is 0 Å². The number of aromatic nitrogens is 1. The molecule has 1 aromatic heterocycles. The summed E-state index contributed by atoms with van der Waals surface area (Å²) in [6, 6.07) is 9.43. The normalized spacial score (nSPS) is 17.3. The van der Waals surface area contributed by atoms with Crippen LogP contribution in [-0.2, 0) is 20.7 Å². The molecule has 0 radical (unpaired) electrons. The summed E-state index contributed by atoms with van der Waals surface area (Å²) in [7, 11) is 0. The van der Waals surface area contributed by atoms with E-state index in [2.05, 4.69) is 4.98 Å². The van der Waals surface area contributed by atoms with E-state index in [1.54, 1.807) is 11.8 Å². The number of nitrogens with zero attached hydrogens (tertiary/aromatic N) is 1. The van der Waals surface area contributed by atoms with Crippen molar-refractivity contribution in [3.05, 3.63) is 46.2 Å². The van der Waals surface area contributed by atoms with Gasteiger partial charge in [0.05, 0.1) is 12.5 Å². The number of piperidine rings is 1. The molecule has 1 fully saturated rings. The number of likely N-dealkylation sites (tertiary alicyclic amines) is 1. The topological polar surface area (TPSA) is 79.5 Å². The van der Waals surface area contributed by atoms with E-state index in [0.29, 0.717) is 31.7 Å². The first-order valence-electron chi connectivity index (χ1n) is 9.14. The van der Waals surface area contributed by atoms with Crippen LogP contribution in [0.3, 0.4) is 0 Å². The summed E-state index contributed by atoms with van der Waals surface area (Å²) in [5.74, 6) is -0.487. The van der Waals surface area contributed by atoms with Gasteiger partial charge in [0.15, 0.2) is 0 Å². The summed E-state index contributed by atoms with van der Waals surface area (Å²) in [6.07, 6.45) is 2.20. The standard InChI is InChI=1S/C20H24N2O4/c1-2-26-20(25)16-7-5-11-22(13-16)18(23)10-9-15-12-14-6-3-4-8-17(14)21-19(15)24/h3-4,6,8,12,16H,2,5,7,9-11,13H2,1H3,(H,21,24). The Bertz CT molecular complexity index is 858. The fourth-order valence-electron chi connectivity index (χ4n) is 3.43. The largest absolute Gasteiger partial charge is 0.466 e. The highest BCUT2D eigenvalue weighted by molar-refractivity contribution is 5.80. The number of hydrogen-bond donors (Lipinski definition) is 1. The van der Waals surface area contributed by atoms with Gasteiger partial charge in [0.1, 0.15) is 0 Å². The molecule has 138 valence electrons. The third kappa shape index (κ3) is 4.12. The third-order valence-corrected chi connectivity index (χ3v) is 4.83. The zero-order valence-corrected chi connectivity index (χ0v) is 15.0. The van der Waals surface area contributed by atoms with E-state index in [-0.39, 0.29) is 29.8 Å². The summed E-state index contributed by atoms with van der Waals surface area (Å²) >= 11 is 0. The van der Waals surface area contributed by atoms with Gasteiger partial charge in [-0.2, -0.15) is 0 Å². The first-order chi connectivity index (χ1) is 12.6. The molecule has 6 heteroatoms. The fourth-order valence-corrected chi connectivity index (χ4v) is 3.43. The molecule has 2 heterocycles. The number of nitrogens with one attached hydrogen (secondary N) is 1. The van der Waals surface area contributed by atoms with Crippen molar-refractivity contribution in [3.8, 4) is 0 Å². The SMILES string of the molecule is CCOC(=O)C1CCCN(C(=O)CCc2cc3ccccc3[nH]c2=O)C1. The van der Waals surface area contributed by atoms with Crippen LogP contribution in [0.15, 0.2) is 35.1 Å². The number of fused-ring (bicyclic) bond motifs is 1. The molecule has 2 aromatic rings. The van der Waals surface area contributed by atoms with E-state index in [1.165, 1.54) is 0 Å². The smallest absolute Gasteiger partial charge is 0.310 e. The number of benzene rings is 1. The molecule has 1 aromatic carbocycles. The Morgan fingerprint density at radius 3 is 2.92 bits per heavy atom. The van der Waals surface area contributed by atoms with E-state index in [4.69, 9.17) is 4.74 Å². The maximum absolute atomic E-state index is 12.5. The number of aryl methyl sites for hydroxylation is 1. The molecule has 1 amide bonds. The predicted molar refractivity (Wildman–Crippen MR) is 98.8 cm³/mol. The second kappa shape index (κ2) is 8.17. The van der Waals surface area contributed by atoms with Gasteiger partial charge in [-0.3, -0.25) is 14.4 Å². The van der Waals surface area contributed by atoms with Crippen molar-refractivity contribution in [2.75, 3.05) is 19.7 Å². The van der Waals surface area contributed by atoms with E-state index in [0.717, 1.165) is 23.7 Å². The van der Waals surface area contributed by atoms with Crippen molar-refractivity contribution >= 4 is 22.8 Å². The predicted octanol–water partition coefficient (Wildman–Crippen LogP) is 2.26. The van der Waals surface area contributed by atoms with Crippen LogP contribution in [0.4, 0.5) is 0 Å². The second-order valence-electron chi connectivity index (χ2n) is 6.64. The molecule has 1 aliphatic heterocycles. The average Bonchev–Trinajstić information content (AvgIpc) is 2.66. The van der Waals surface area contributed by atoms with E-state index in [9.17, 15) is 14.4 Å². The molecule has 1 unspecified atom stereocenters. The Hall–Kier alpha value is -2.63. The number of esters is 1. The van der Waals surface area contributed by atoms with Gasteiger partial charge in [-0.15, -0.1) is 0 Å². The van der Waals surface area contributed by atoms with Gasteiger partial charge < -0.3 is 14.6 Å². The molecular weight excluding hydrogens is 332 g/mol. The van der Waals surface area contributed by atoms with Gasteiger partial charge >= 0.3 is 5.97 Å². The average molecular weight is 356 g/mol.